The number of carbonyl (C=O) groups excluding carboxylic acids is 3. The standard InChI is InChI=1S/C35H32ClNO3/c1-2-3-4-5-6-7-10-23-13-15-24(16-14-23)25-17-19-26(20-18-25)35(40)37-30-22-21-29(36)31-32(30)34(39)28-12-9-8-11-27(28)33(31)38/h8-9,11-22H,2-7,10H2,1H3,(H,37,40). The van der Waals surface area contributed by atoms with Crippen LogP contribution in [0.1, 0.15) is 93.2 Å². The van der Waals surface area contributed by atoms with E-state index in [1.165, 1.54) is 50.2 Å². The summed E-state index contributed by atoms with van der Waals surface area (Å²) in [6.07, 6.45) is 8.84. The lowest BCUT2D eigenvalue weighted by molar-refractivity contribution is 0.0978. The van der Waals surface area contributed by atoms with Crippen LogP contribution in [-0.2, 0) is 6.42 Å². The first kappa shape index (κ1) is 27.5. The van der Waals surface area contributed by atoms with Crippen molar-refractivity contribution in [2.24, 2.45) is 0 Å². The second-order valence-electron chi connectivity index (χ2n) is 10.3. The normalized spacial score (nSPS) is 12.2. The van der Waals surface area contributed by atoms with E-state index in [2.05, 4.69) is 36.5 Å². The van der Waals surface area contributed by atoms with Crippen molar-refractivity contribution in [3.63, 3.8) is 0 Å². The fourth-order valence-electron chi connectivity index (χ4n) is 5.27. The number of ketones is 2. The number of carbonyl (C=O) groups is 3. The minimum Gasteiger partial charge on any atom is -0.321 e. The second kappa shape index (κ2) is 12.4. The third-order valence-corrected chi connectivity index (χ3v) is 7.84. The number of nitrogens with one attached hydrogen (secondary N) is 1. The Kier molecular flexibility index (Phi) is 8.57. The molecule has 5 heteroatoms. The van der Waals surface area contributed by atoms with Crippen LogP contribution in [0.4, 0.5) is 5.69 Å². The number of benzene rings is 4. The SMILES string of the molecule is CCCCCCCCc1ccc(-c2ccc(C(=O)Nc3ccc(Cl)c4c3C(=O)c3ccccc3C4=O)cc2)cc1. The fraction of sp³-hybridized carbons (Fsp3) is 0.229. The van der Waals surface area contributed by atoms with Crippen molar-refractivity contribution in [1.29, 1.82) is 0 Å². The van der Waals surface area contributed by atoms with Crippen LogP contribution in [0.15, 0.2) is 84.9 Å². The number of unbranched alkanes of at least 4 members (excludes halogenated alkanes) is 5. The van der Waals surface area contributed by atoms with E-state index in [4.69, 9.17) is 11.6 Å². The Morgan fingerprint density at radius 1 is 0.675 bits per heavy atom. The van der Waals surface area contributed by atoms with Crippen LogP contribution in [0.3, 0.4) is 0 Å². The van der Waals surface area contributed by atoms with Crippen molar-refractivity contribution in [3.05, 3.63) is 123 Å². The summed E-state index contributed by atoms with van der Waals surface area (Å²) in [7, 11) is 0. The van der Waals surface area contributed by atoms with E-state index in [-0.39, 0.29) is 39.3 Å². The van der Waals surface area contributed by atoms with E-state index >= 15 is 0 Å². The highest BCUT2D eigenvalue weighted by Gasteiger charge is 2.33. The van der Waals surface area contributed by atoms with Gasteiger partial charge in [-0.15, -0.1) is 0 Å². The number of rotatable bonds is 10. The molecule has 0 fully saturated rings. The van der Waals surface area contributed by atoms with E-state index in [9.17, 15) is 14.4 Å². The van der Waals surface area contributed by atoms with Crippen LogP contribution < -0.4 is 5.32 Å². The molecule has 4 nitrogen and oxygen atoms in total. The molecular formula is C35H32ClNO3. The smallest absolute Gasteiger partial charge is 0.255 e. The summed E-state index contributed by atoms with van der Waals surface area (Å²) in [4.78, 5) is 39.6. The molecule has 0 radical (unpaired) electrons. The van der Waals surface area contributed by atoms with Crippen molar-refractivity contribution in [2.45, 2.75) is 51.9 Å². The van der Waals surface area contributed by atoms with Crippen LogP contribution in [0.25, 0.3) is 11.1 Å². The topological polar surface area (TPSA) is 63.2 Å². The average Bonchev–Trinajstić information content (AvgIpc) is 2.99. The minimum absolute atomic E-state index is 0.124. The van der Waals surface area contributed by atoms with Gasteiger partial charge < -0.3 is 5.32 Å². The highest BCUT2D eigenvalue weighted by Crippen LogP contribution is 2.36. The monoisotopic (exact) mass is 549 g/mol. The first-order valence-electron chi connectivity index (χ1n) is 14.0. The molecule has 0 heterocycles. The molecule has 40 heavy (non-hydrogen) atoms. The van der Waals surface area contributed by atoms with Crippen LogP contribution in [-0.4, -0.2) is 17.5 Å². The van der Waals surface area contributed by atoms with Crippen molar-refractivity contribution < 1.29 is 14.4 Å². The summed E-state index contributed by atoms with van der Waals surface area (Å²) >= 11 is 6.34. The first-order valence-corrected chi connectivity index (χ1v) is 14.4. The number of fused-ring (bicyclic) bond motifs is 2. The van der Waals surface area contributed by atoms with Gasteiger partial charge >= 0.3 is 0 Å². The first-order chi connectivity index (χ1) is 19.5. The van der Waals surface area contributed by atoms with Gasteiger partial charge in [0.2, 0.25) is 0 Å². The predicted molar refractivity (Wildman–Crippen MR) is 162 cm³/mol. The molecule has 4 aromatic rings. The van der Waals surface area contributed by atoms with Crippen LogP contribution in [0.5, 0.6) is 0 Å². The maximum Gasteiger partial charge on any atom is 0.255 e. The van der Waals surface area contributed by atoms with Gasteiger partial charge in [0.25, 0.3) is 5.91 Å². The van der Waals surface area contributed by atoms with E-state index < -0.39 is 0 Å². The third-order valence-electron chi connectivity index (χ3n) is 7.53. The maximum absolute atomic E-state index is 13.3. The second-order valence-corrected chi connectivity index (χ2v) is 10.7. The van der Waals surface area contributed by atoms with E-state index in [0.717, 1.165) is 17.5 Å². The molecule has 0 aliphatic heterocycles. The van der Waals surface area contributed by atoms with Crippen molar-refractivity contribution >= 4 is 34.8 Å². The van der Waals surface area contributed by atoms with Crippen LogP contribution >= 0.6 is 11.6 Å². The zero-order valence-corrected chi connectivity index (χ0v) is 23.4. The van der Waals surface area contributed by atoms with Crippen LogP contribution in [0.2, 0.25) is 5.02 Å². The summed E-state index contributed by atoms with van der Waals surface area (Å²) in [5.74, 6) is -1.03. The zero-order valence-electron chi connectivity index (χ0n) is 22.6. The number of halogens is 1. The highest BCUT2D eigenvalue weighted by atomic mass is 35.5. The summed E-state index contributed by atoms with van der Waals surface area (Å²) in [5.41, 5.74) is 5.04. The predicted octanol–water partition coefficient (Wildman–Crippen LogP) is 8.94. The van der Waals surface area contributed by atoms with Gasteiger partial charge in [-0.25, -0.2) is 0 Å². The van der Waals surface area contributed by atoms with E-state index in [0.29, 0.717) is 16.7 Å². The zero-order chi connectivity index (χ0) is 28.1. The summed E-state index contributed by atoms with van der Waals surface area (Å²) in [5, 5.41) is 3.01. The van der Waals surface area contributed by atoms with Gasteiger partial charge in [0, 0.05) is 16.7 Å². The van der Waals surface area contributed by atoms with Gasteiger partial charge in [-0.2, -0.15) is 0 Å². The number of anilines is 1. The minimum atomic E-state index is -0.371. The number of amides is 1. The summed E-state index contributed by atoms with van der Waals surface area (Å²) < 4.78 is 0. The molecule has 0 aromatic heterocycles. The molecule has 1 aliphatic rings. The van der Waals surface area contributed by atoms with E-state index in [1.807, 2.05) is 12.1 Å². The Morgan fingerprint density at radius 2 is 1.25 bits per heavy atom. The molecule has 1 amide bonds. The Morgan fingerprint density at radius 3 is 1.90 bits per heavy atom. The molecule has 4 aromatic carbocycles. The van der Waals surface area contributed by atoms with E-state index in [1.54, 1.807) is 42.5 Å². The summed E-state index contributed by atoms with van der Waals surface area (Å²) in [6, 6.07) is 25.7. The number of hydrogen-bond acceptors (Lipinski definition) is 3. The molecule has 0 unspecified atom stereocenters. The van der Waals surface area contributed by atoms with Gasteiger partial charge in [0.15, 0.2) is 11.6 Å². The molecule has 0 saturated heterocycles. The Balaban J connectivity index is 1.27. The van der Waals surface area contributed by atoms with Crippen molar-refractivity contribution in [1.82, 2.24) is 0 Å². The molecule has 5 rings (SSSR count). The summed E-state index contributed by atoms with van der Waals surface area (Å²) in [6.45, 7) is 2.24. The third kappa shape index (κ3) is 5.78. The van der Waals surface area contributed by atoms with Crippen molar-refractivity contribution in [3.8, 4) is 11.1 Å². The quantitative estimate of drug-likeness (QED) is 0.177. The van der Waals surface area contributed by atoms with Crippen molar-refractivity contribution in [2.75, 3.05) is 5.32 Å². The lowest BCUT2D eigenvalue weighted by Gasteiger charge is -2.21. The van der Waals surface area contributed by atoms with Gasteiger partial charge in [-0.1, -0.05) is 111 Å². The Labute approximate surface area is 240 Å². The fourth-order valence-corrected chi connectivity index (χ4v) is 5.51. The van der Waals surface area contributed by atoms with Gasteiger partial charge in [-0.05, 0) is 53.8 Å². The number of hydrogen-bond donors (Lipinski definition) is 1. The van der Waals surface area contributed by atoms with Gasteiger partial charge in [0.05, 0.1) is 21.8 Å². The average molecular weight is 550 g/mol. The largest absolute Gasteiger partial charge is 0.321 e. The maximum atomic E-state index is 13.3. The van der Waals surface area contributed by atoms with Gasteiger partial charge in [0.1, 0.15) is 0 Å². The lowest BCUT2D eigenvalue weighted by Crippen LogP contribution is -2.24. The number of aryl methyl sites for hydroxylation is 1. The molecule has 0 spiro atoms. The molecule has 0 saturated carbocycles. The highest BCUT2D eigenvalue weighted by molar-refractivity contribution is 6.40. The molecule has 1 aliphatic carbocycles. The molecular weight excluding hydrogens is 518 g/mol. The Hall–Kier alpha value is -4.02. The molecule has 0 bridgehead atoms. The van der Waals surface area contributed by atoms with Gasteiger partial charge in [-0.3, -0.25) is 14.4 Å². The van der Waals surface area contributed by atoms with Crippen LogP contribution in [0, 0.1) is 0 Å². The Bertz CT molecular complexity index is 1560. The molecule has 202 valence electrons. The molecule has 0 atom stereocenters. The molecule has 1 N–H and O–H groups in total. The lowest BCUT2D eigenvalue weighted by atomic mass is 9.83.